The van der Waals surface area contributed by atoms with E-state index in [9.17, 15) is 29.5 Å². The molecular weight excluding hydrogens is 549 g/mol. The van der Waals surface area contributed by atoms with E-state index >= 15 is 0 Å². The molecule has 1 aromatic carbocycles. The van der Waals surface area contributed by atoms with E-state index in [4.69, 9.17) is 19.5 Å². The number of nitrogens with two attached hydrogens (primary N) is 1. The van der Waals surface area contributed by atoms with Gasteiger partial charge in [-0.1, -0.05) is 42.1 Å². The maximum absolute atomic E-state index is 13.6. The number of carbonyl (C=O) groups excluding carboxylic acids is 2. The van der Waals surface area contributed by atoms with E-state index in [1.54, 1.807) is 26.1 Å². The Morgan fingerprint density at radius 2 is 1.87 bits per heavy atom. The van der Waals surface area contributed by atoms with Crippen molar-refractivity contribution in [3.63, 3.8) is 0 Å². The highest BCUT2D eigenvalue weighted by Crippen LogP contribution is 2.45. The molecule has 1 fully saturated rings. The van der Waals surface area contributed by atoms with Crippen molar-refractivity contribution < 1.29 is 47.8 Å². The Bertz CT molecular complexity index is 1170. The number of rotatable bonds is 14. The van der Waals surface area contributed by atoms with Crippen LogP contribution in [-0.2, 0) is 29.7 Å². The van der Waals surface area contributed by atoms with E-state index < -0.39 is 50.2 Å². The lowest BCUT2D eigenvalue weighted by molar-refractivity contribution is -0.765. The third kappa shape index (κ3) is 8.65. The molecule has 1 aliphatic rings. The van der Waals surface area contributed by atoms with Gasteiger partial charge in [-0.2, -0.15) is 4.57 Å². The summed E-state index contributed by atoms with van der Waals surface area (Å²) in [5, 5.41) is 33.0. The van der Waals surface area contributed by atoms with Crippen LogP contribution in [0, 0.1) is 5.41 Å². The van der Waals surface area contributed by atoms with E-state index in [0.717, 1.165) is 17.3 Å². The Balaban J connectivity index is 1.64. The summed E-state index contributed by atoms with van der Waals surface area (Å²) in [7, 11) is -3.97. The number of amides is 1. The number of aliphatic hydroxyl groups excluding tert-OH is 3. The Morgan fingerprint density at radius 3 is 2.54 bits per heavy atom. The maximum atomic E-state index is 13.6. The number of nitrogens with zero attached hydrogens (tertiary/aromatic N) is 1. The number of aromatic nitrogens is 1. The minimum absolute atomic E-state index is 0.105. The largest absolute Gasteiger partial charge is 0.405 e. The number of benzene rings is 1. The summed E-state index contributed by atoms with van der Waals surface area (Å²) in [5.41, 5.74) is 5.41. The van der Waals surface area contributed by atoms with Crippen LogP contribution < -0.4 is 15.4 Å². The van der Waals surface area contributed by atoms with Crippen LogP contribution >= 0.6 is 19.5 Å². The van der Waals surface area contributed by atoms with Crippen molar-refractivity contribution in [1.82, 2.24) is 5.09 Å². The van der Waals surface area contributed by atoms with E-state index in [0.29, 0.717) is 0 Å². The minimum Gasteiger partial charge on any atom is -0.395 e. The Hall–Kier alpha value is -2.19. The molecule has 3 unspecified atom stereocenters. The first kappa shape index (κ1) is 31.3. The predicted molar refractivity (Wildman–Crippen MR) is 142 cm³/mol. The second-order valence-electron chi connectivity index (χ2n) is 9.58. The lowest BCUT2D eigenvalue weighted by Gasteiger charge is -2.22. The first-order valence-corrected chi connectivity index (χ1v) is 14.8. The van der Waals surface area contributed by atoms with Crippen LogP contribution in [0.15, 0.2) is 54.9 Å². The minimum atomic E-state index is -3.97. The van der Waals surface area contributed by atoms with Gasteiger partial charge in [0.1, 0.15) is 17.8 Å². The van der Waals surface area contributed by atoms with Crippen molar-refractivity contribution in [2.45, 2.75) is 44.9 Å². The van der Waals surface area contributed by atoms with Crippen LogP contribution in [-0.4, -0.2) is 70.2 Å². The molecule has 0 saturated carbocycles. The third-order valence-electron chi connectivity index (χ3n) is 5.99. The smallest absolute Gasteiger partial charge is 0.395 e. The van der Waals surface area contributed by atoms with Crippen LogP contribution in [0.3, 0.4) is 0 Å². The van der Waals surface area contributed by atoms with Gasteiger partial charge in [0.25, 0.3) is 12.1 Å². The number of nitrogens with one attached hydrogen (secondary N) is 1. The molecule has 214 valence electrons. The van der Waals surface area contributed by atoms with Crippen molar-refractivity contribution in [1.29, 1.82) is 0 Å². The number of hydrogen-bond acceptors (Lipinski definition) is 10. The number of carbonyl (C=O) groups is 2. The molecule has 14 heteroatoms. The second kappa shape index (κ2) is 13.9. The summed E-state index contributed by atoms with van der Waals surface area (Å²) in [4.78, 5) is 23.8. The van der Waals surface area contributed by atoms with Gasteiger partial charge in [0, 0.05) is 18.4 Å². The summed E-state index contributed by atoms with van der Waals surface area (Å²) in [6, 6.07) is 12.2. The first-order chi connectivity index (χ1) is 18.5. The molecule has 5 atom stereocenters. The Labute approximate surface area is 231 Å². The molecule has 1 aromatic heterocycles. The number of thioether (sulfide) groups is 1. The van der Waals surface area contributed by atoms with Crippen molar-refractivity contribution in [3.8, 4) is 0 Å². The highest BCUT2D eigenvalue weighted by molar-refractivity contribution is 8.13. The lowest BCUT2D eigenvalue weighted by atomic mass is 9.97. The van der Waals surface area contributed by atoms with Crippen molar-refractivity contribution in [2.24, 2.45) is 11.1 Å². The average molecular weight is 585 g/mol. The fourth-order valence-corrected chi connectivity index (χ4v) is 5.78. The van der Waals surface area contributed by atoms with Gasteiger partial charge in [-0.15, -0.1) is 0 Å². The van der Waals surface area contributed by atoms with Crippen molar-refractivity contribution in [3.05, 3.63) is 66.0 Å². The third-order valence-corrected chi connectivity index (χ3v) is 8.73. The maximum Gasteiger partial charge on any atom is 0.405 e. The van der Waals surface area contributed by atoms with Gasteiger partial charge in [-0.3, -0.25) is 18.6 Å². The predicted octanol–water partition coefficient (Wildman–Crippen LogP) is 0.902. The zero-order valence-electron chi connectivity index (χ0n) is 21.7. The standard InChI is InChI=1S/C25H34N3O9PS/c1-25(2,16-29)24(33)39-12-11-35-38(34,27-13-17-7-4-3-5-8-17)36-15-19-20(30)21(31)23(37-19)28-10-6-9-18(14-28)22(26)32/h3-10,14,19-21,23,29-31H,11-13,15-16H2,1-2H3,(H2-,26,27,32,34)/p+1/t19-,20?,21?,23-,38?/m1/s1. The topological polar surface area (TPSA) is 182 Å². The highest BCUT2D eigenvalue weighted by atomic mass is 32.2. The summed E-state index contributed by atoms with van der Waals surface area (Å²) in [6.07, 6.45) is -1.96. The van der Waals surface area contributed by atoms with E-state index in [2.05, 4.69) is 5.09 Å². The molecular formula is C25H35N3O9PS+. The molecule has 1 aliphatic heterocycles. The summed E-state index contributed by atoms with van der Waals surface area (Å²) < 4.78 is 31.9. The van der Waals surface area contributed by atoms with Gasteiger partial charge in [-0.25, -0.2) is 9.65 Å². The van der Waals surface area contributed by atoms with Crippen molar-refractivity contribution >= 4 is 30.5 Å². The van der Waals surface area contributed by atoms with Gasteiger partial charge in [0.2, 0.25) is 0 Å². The first-order valence-electron chi connectivity index (χ1n) is 12.2. The van der Waals surface area contributed by atoms with Gasteiger partial charge in [-0.05, 0) is 25.5 Å². The number of aliphatic hydroxyl groups is 3. The van der Waals surface area contributed by atoms with Gasteiger partial charge in [0.15, 0.2) is 23.6 Å². The number of primary amides is 1. The van der Waals surface area contributed by atoms with E-state index in [1.807, 2.05) is 30.3 Å². The monoisotopic (exact) mass is 584 g/mol. The van der Waals surface area contributed by atoms with Crippen LogP contribution in [0.2, 0.25) is 0 Å². The molecule has 12 nitrogen and oxygen atoms in total. The SMILES string of the molecule is CC(C)(CO)C(=O)SCCOP(=O)(NCc1ccccc1)OC[C@H]1O[C@@H]([n+]2cccc(C(N)=O)c2)C(O)C1O. The molecule has 1 amide bonds. The molecule has 2 aromatic rings. The lowest BCUT2D eigenvalue weighted by Crippen LogP contribution is -2.46. The molecule has 0 spiro atoms. The molecule has 39 heavy (non-hydrogen) atoms. The zero-order valence-corrected chi connectivity index (χ0v) is 23.4. The summed E-state index contributed by atoms with van der Waals surface area (Å²) in [6.45, 7) is 2.59. The van der Waals surface area contributed by atoms with Crippen LogP contribution in [0.1, 0.15) is 36.0 Å². The Morgan fingerprint density at radius 1 is 1.15 bits per heavy atom. The zero-order chi connectivity index (χ0) is 28.6. The average Bonchev–Trinajstić information content (AvgIpc) is 3.22. The van der Waals surface area contributed by atoms with Gasteiger partial charge in [0.05, 0.1) is 25.2 Å². The Kier molecular flexibility index (Phi) is 11.2. The molecule has 0 bridgehead atoms. The number of ether oxygens (including phenoxy) is 1. The molecule has 0 aliphatic carbocycles. The molecule has 0 radical (unpaired) electrons. The van der Waals surface area contributed by atoms with Crippen LogP contribution in [0.25, 0.3) is 0 Å². The van der Waals surface area contributed by atoms with Gasteiger partial charge >= 0.3 is 7.75 Å². The van der Waals surface area contributed by atoms with E-state index in [1.165, 1.54) is 16.8 Å². The highest BCUT2D eigenvalue weighted by Gasteiger charge is 2.49. The second-order valence-corrected chi connectivity index (χ2v) is 12.5. The summed E-state index contributed by atoms with van der Waals surface area (Å²) >= 11 is 0.946. The number of pyridine rings is 1. The normalized spacial score (nSPS) is 22.9. The van der Waals surface area contributed by atoms with Crippen LogP contribution in [0.5, 0.6) is 0 Å². The fourth-order valence-electron chi connectivity index (χ4n) is 3.55. The quantitative estimate of drug-likeness (QED) is 0.121. The molecule has 3 rings (SSSR count). The molecule has 6 N–H and O–H groups in total. The fraction of sp³-hybridized carbons (Fsp3) is 0.480. The van der Waals surface area contributed by atoms with Gasteiger partial charge < -0.3 is 25.8 Å². The van der Waals surface area contributed by atoms with Crippen molar-refractivity contribution in [2.75, 3.05) is 25.6 Å². The molecule has 1 saturated heterocycles. The van der Waals surface area contributed by atoms with E-state index in [-0.39, 0.29) is 36.2 Å². The van der Waals surface area contributed by atoms with Crippen LogP contribution in [0.4, 0.5) is 0 Å². The summed E-state index contributed by atoms with van der Waals surface area (Å²) in [5.74, 6) is -0.502. The molecule has 2 heterocycles. The number of hydrogen-bond donors (Lipinski definition) is 5.